The molecule has 0 saturated heterocycles. The number of carbonyl (C=O) groups is 2. The summed E-state index contributed by atoms with van der Waals surface area (Å²) in [4.78, 5) is 25.2. The van der Waals surface area contributed by atoms with E-state index in [0.29, 0.717) is 35.0 Å². The summed E-state index contributed by atoms with van der Waals surface area (Å²) in [6.07, 6.45) is 1.84. The first kappa shape index (κ1) is 20.4. The second-order valence-corrected chi connectivity index (χ2v) is 7.16. The Kier molecular flexibility index (Phi) is 5.85. The summed E-state index contributed by atoms with van der Waals surface area (Å²) in [5, 5.41) is 0. The van der Waals surface area contributed by atoms with Crippen molar-refractivity contribution in [3.8, 4) is 17.2 Å². The normalized spacial score (nSPS) is 13.6. The monoisotopic (exact) mass is 414 g/mol. The number of para-hydroxylation sites is 1. The highest BCUT2D eigenvalue weighted by molar-refractivity contribution is 6.15. The van der Waals surface area contributed by atoms with E-state index in [0.717, 1.165) is 11.1 Å². The lowest BCUT2D eigenvalue weighted by atomic mass is 10.0. The predicted octanol–water partition coefficient (Wildman–Crippen LogP) is 5.16. The SMILES string of the molecule is CCOc1ccccc1/C=C1\Oc2cc(OC(=O)Cc3ccccc3)cc(C)c2C1=O. The number of benzene rings is 3. The standard InChI is InChI=1S/C26H22O5/c1-3-29-21-12-8-7-11-19(21)15-23-26(28)25-17(2)13-20(16-22(25)31-23)30-24(27)14-18-9-5-4-6-10-18/h4-13,15-16H,3,14H2,1-2H3/b23-15-. The summed E-state index contributed by atoms with van der Waals surface area (Å²) in [5.74, 6) is 1.03. The van der Waals surface area contributed by atoms with E-state index in [1.807, 2.05) is 61.5 Å². The van der Waals surface area contributed by atoms with Gasteiger partial charge in [0.05, 0.1) is 18.6 Å². The zero-order valence-electron chi connectivity index (χ0n) is 17.4. The van der Waals surface area contributed by atoms with Gasteiger partial charge in [0.15, 0.2) is 5.76 Å². The van der Waals surface area contributed by atoms with Gasteiger partial charge in [0, 0.05) is 11.6 Å². The van der Waals surface area contributed by atoms with Gasteiger partial charge in [-0.1, -0.05) is 48.5 Å². The highest BCUT2D eigenvalue weighted by Crippen LogP contribution is 2.38. The molecule has 0 spiro atoms. The van der Waals surface area contributed by atoms with Gasteiger partial charge in [-0.3, -0.25) is 9.59 Å². The van der Waals surface area contributed by atoms with Gasteiger partial charge in [-0.25, -0.2) is 0 Å². The molecule has 5 heteroatoms. The van der Waals surface area contributed by atoms with Crippen LogP contribution in [0.15, 0.2) is 72.5 Å². The molecular weight excluding hydrogens is 392 g/mol. The van der Waals surface area contributed by atoms with Gasteiger partial charge in [0.2, 0.25) is 5.78 Å². The molecule has 5 nitrogen and oxygen atoms in total. The number of fused-ring (bicyclic) bond motifs is 1. The van der Waals surface area contributed by atoms with Crippen molar-refractivity contribution in [2.24, 2.45) is 0 Å². The van der Waals surface area contributed by atoms with E-state index in [1.165, 1.54) is 0 Å². The topological polar surface area (TPSA) is 61.8 Å². The van der Waals surface area contributed by atoms with Crippen molar-refractivity contribution >= 4 is 17.8 Å². The van der Waals surface area contributed by atoms with Crippen LogP contribution in [-0.4, -0.2) is 18.4 Å². The maximum atomic E-state index is 12.9. The number of esters is 1. The predicted molar refractivity (Wildman–Crippen MR) is 118 cm³/mol. The second-order valence-electron chi connectivity index (χ2n) is 7.16. The fourth-order valence-electron chi connectivity index (χ4n) is 3.49. The quantitative estimate of drug-likeness (QED) is 0.317. The van der Waals surface area contributed by atoms with Crippen LogP contribution in [0.4, 0.5) is 0 Å². The summed E-state index contributed by atoms with van der Waals surface area (Å²) in [6.45, 7) is 4.22. The average Bonchev–Trinajstić information content (AvgIpc) is 3.06. The lowest BCUT2D eigenvalue weighted by molar-refractivity contribution is -0.133. The van der Waals surface area contributed by atoms with Crippen LogP contribution < -0.4 is 14.2 Å². The maximum absolute atomic E-state index is 12.9. The molecule has 0 radical (unpaired) electrons. The van der Waals surface area contributed by atoms with E-state index >= 15 is 0 Å². The molecule has 31 heavy (non-hydrogen) atoms. The summed E-state index contributed by atoms with van der Waals surface area (Å²) >= 11 is 0. The van der Waals surface area contributed by atoms with E-state index in [4.69, 9.17) is 14.2 Å². The highest BCUT2D eigenvalue weighted by Gasteiger charge is 2.30. The number of carbonyl (C=O) groups excluding carboxylic acids is 2. The highest BCUT2D eigenvalue weighted by atomic mass is 16.5. The van der Waals surface area contributed by atoms with Crippen LogP contribution in [-0.2, 0) is 11.2 Å². The Morgan fingerprint density at radius 2 is 1.77 bits per heavy atom. The van der Waals surface area contributed by atoms with Gasteiger partial charge < -0.3 is 14.2 Å². The third kappa shape index (κ3) is 4.51. The minimum absolute atomic E-state index is 0.163. The number of rotatable bonds is 6. The fourth-order valence-corrected chi connectivity index (χ4v) is 3.49. The van der Waals surface area contributed by atoms with Gasteiger partial charge in [0.1, 0.15) is 17.2 Å². The van der Waals surface area contributed by atoms with Crippen molar-refractivity contribution in [1.29, 1.82) is 0 Å². The lowest BCUT2D eigenvalue weighted by Crippen LogP contribution is -2.11. The van der Waals surface area contributed by atoms with Crippen molar-refractivity contribution in [3.05, 3.63) is 94.7 Å². The zero-order chi connectivity index (χ0) is 21.8. The molecule has 0 saturated carbocycles. The molecule has 1 aliphatic rings. The van der Waals surface area contributed by atoms with E-state index in [1.54, 1.807) is 25.1 Å². The molecule has 4 rings (SSSR count). The van der Waals surface area contributed by atoms with Crippen molar-refractivity contribution < 1.29 is 23.8 Å². The molecule has 0 fully saturated rings. The first-order chi connectivity index (χ1) is 15.0. The van der Waals surface area contributed by atoms with E-state index < -0.39 is 0 Å². The van der Waals surface area contributed by atoms with Crippen LogP contribution in [0.3, 0.4) is 0 Å². The molecule has 0 unspecified atom stereocenters. The molecule has 0 atom stereocenters. The molecule has 3 aromatic carbocycles. The maximum Gasteiger partial charge on any atom is 0.315 e. The summed E-state index contributed by atoms with van der Waals surface area (Å²) in [7, 11) is 0. The van der Waals surface area contributed by atoms with Crippen LogP contribution in [0.5, 0.6) is 17.2 Å². The summed E-state index contributed by atoms with van der Waals surface area (Å²) in [6, 6.07) is 20.1. The molecular formula is C26H22O5. The number of aryl methyl sites for hydroxylation is 1. The molecule has 0 N–H and O–H groups in total. The van der Waals surface area contributed by atoms with Gasteiger partial charge in [-0.15, -0.1) is 0 Å². The van der Waals surface area contributed by atoms with Gasteiger partial charge in [0.25, 0.3) is 0 Å². The molecule has 0 aliphatic carbocycles. The number of ketones is 1. The summed E-state index contributed by atoms with van der Waals surface area (Å²) < 4.78 is 17.0. The van der Waals surface area contributed by atoms with E-state index in [-0.39, 0.29) is 23.9 Å². The largest absolute Gasteiger partial charge is 0.493 e. The Labute approximate surface area is 180 Å². The number of ether oxygens (including phenoxy) is 3. The van der Waals surface area contributed by atoms with Crippen LogP contribution in [0.2, 0.25) is 0 Å². The van der Waals surface area contributed by atoms with E-state index in [2.05, 4.69) is 0 Å². The van der Waals surface area contributed by atoms with Crippen LogP contribution >= 0.6 is 0 Å². The Morgan fingerprint density at radius 3 is 2.55 bits per heavy atom. The Bertz CT molecular complexity index is 1160. The molecule has 1 heterocycles. The minimum Gasteiger partial charge on any atom is -0.493 e. The van der Waals surface area contributed by atoms with Crippen LogP contribution in [0.25, 0.3) is 6.08 Å². The molecule has 3 aromatic rings. The molecule has 1 aliphatic heterocycles. The van der Waals surface area contributed by atoms with Crippen LogP contribution in [0.1, 0.15) is 34.0 Å². The van der Waals surface area contributed by atoms with Gasteiger partial charge in [-0.2, -0.15) is 0 Å². The zero-order valence-corrected chi connectivity index (χ0v) is 17.4. The average molecular weight is 414 g/mol. The Morgan fingerprint density at radius 1 is 1.03 bits per heavy atom. The third-order valence-electron chi connectivity index (χ3n) is 4.87. The van der Waals surface area contributed by atoms with Crippen molar-refractivity contribution in [2.45, 2.75) is 20.3 Å². The van der Waals surface area contributed by atoms with Crippen molar-refractivity contribution in [2.75, 3.05) is 6.61 Å². The summed E-state index contributed by atoms with van der Waals surface area (Å²) in [5.41, 5.74) is 2.79. The van der Waals surface area contributed by atoms with Crippen molar-refractivity contribution in [3.63, 3.8) is 0 Å². The second kappa shape index (κ2) is 8.88. The number of hydrogen-bond donors (Lipinski definition) is 0. The van der Waals surface area contributed by atoms with E-state index in [9.17, 15) is 9.59 Å². The first-order valence-electron chi connectivity index (χ1n) is 10.1. The molecule has 0 aromatic heterocycles. The Balaban J connectivity index is 1.56. The first-order valence-corrected chi connectivity index (χ1v) is 10.1. The third-order valence-corrected chi connectivity index (χ3v) is 4.87. The van der Waals surface area contributed by atoms with Gasteiger partial charge >= 0.3 is 5.97 Å². The molecule has 156 valence electrons. The van der Waals surface area contributed by atoms with Crippen molar-refractivity contribution in [1.82, 2.24) is 0 Å². The Hall–Kier alpha value is -3.86. The smallest absolute Gasteiger partial charge is 0.315 e. The lowest BCUT2D eigenvalue weighted by Gasteiger charge is -2.08. The van der Waals surface area contributed by atoms with Gasteiger partial charge in [-0.05, 0) is 43.2 Å². The minimum atomic E-state index is -0.378. The molecule has 0 bridgehead atoms. The number of allylic oxidation sites excluding steroid dienone is 1. The van der Waals surface area contributed by atoms with Crippen LogP contribution in [0, 0.1) is 6.92 Å². The fraction of sp³-hybridized carbons (Fsp3) is 0.154. The number of hydrogen-bond acceptors (Lipinski definition) is 5. The number of Topliss-reactive ketones (excluding diaryl/α,β-unsaturated/α-hetero) is 1. The molecule has 0 amide bonds.